The predicted octanol–water partition coefficient (Wildman–Crippen LogP) is 2.59. The van der Waals surface area contributed by atoms with E-state index >= 15 is 0 Å². The van der Waals surface area contributed by atoms with Crippen LogP contribution in [-0.4, -0.2) is 13.1 Å². The summed E-state index contributed by atoms with van der Waals surface area (Å²) in [5, 5.41) is 3.20. The van der Waals surface area contributed by atoms with Crippen molar-refractivity contribution in [2.75, 3.05) is 13.1 Å². The summed E-state index contributed by atoms with van der Waals surface area (Å²) in [5.41, 5.74) is 1.38. The van der Waals surface area contributed by atoms with Crippen LogP contribution >= 0.6 is 0 Å². The summed E-state index contributed by atoms with van der Waals surface area (Å²) in [5.74, 6) is 0. The monoisotopic (exact) mass is 143 g/mol. The molecule has 0 heterocycles. The van der Waals surface area contributed by atoms with Crippen molar-refractivity contribution in [3.8, 4) is 0 Å². The molecule has 0 radical (unpaired) electrons. The zero-order chi connectivity index (χ0) is 8.41. The smallest absolute Gasteiger partial charge is 0.0137 e. The van der Waals surface area contributed by atoms with Crippen molar-refractivity contribution < 1.29 is 0 Å². The molecule has 0 aromatic heterocycles. The van der Waals surface area contributed by atoms with E-state index in [1.807, 2.05) is 13.8 Å². The van der Waals surface area contributed by atoms with Gasteiger partial charge in [0.25, 0.3) is 0 Å². The van der Waals surface area contributed by atoms with Crippen molar-refractivity contribution in [2.45, 2.75) is 34.6 Å². The second kappa shape index (κ2) is 11.5. The van der Waals surface area contributed by atoms with E-state index in [2.05, 4.69) is 32.2 Å². The van der Waals surface area contributed by atoms with Gasteiger partial charge in [0, 0.05) is 6.54 Å². The molecular formula is C9H21N. The Morgan fingerprint density at radius 2 is 1.80 bits per heavy atom. The summed E-state index contributed by atoms with van der Waals surface area (Å²) in [7, 11) is 0. The zero-order valence-electron chi connectivity index (χ0n) is 7.99. The van der Waals surface area contributed by atoms with Crippen molar-refractivity contribution >= 4 is 0 Å². The molecule has 1 N–H and O–H groups in total. The van der Waals surface area contributed by atoms with E-state index in [0.29, 0.717) is 0 Å². The van der Waals surface area contributed by atoms with Gasteiger partial charge in [0.2, 0.25) is 0 Å². The molecule has 0 aliphatic carbocycles. The topological polar surface area (TPSA) is 12.0 Å². The van der Waals surface area contributed by atoms with Crippen LogP contribution in [0.15, 0.2) is 11.6 Å². The van der Waals surface area contributed by atoms with Gasteiger partial charge in [0.05, 0.1) is 0 Å². The molecule has 0 aliphatic rings. The van der Waals surface area contributed by atoms with Crippen molar-refractivity contribution in [2.24, 2.45) is 0 Å². The molecule has 0 amide bonds. The minimum absolute atomic E-state index is 1.01. The SMILES string of the molecule is CC.CCNCC=C(C)C. The summed E-state index contributed by atoms with van der Waals surface area (Å²) in [6.45, 7) is 12.4. The minimum Gasteiger partial charge on any atom is -0.314 e. The van der Waals surface area contributed by atoms with Gasteiger partial charge in [-0.3, -0.25) is 0 Å². The van der Waals surface area contributed by atoms with Crippen LogP contribution in [-0.2, 0) is 0 Å². The number of hydrogen-bond acceptors (Lipinski definition) is 1. The lowest BCUT2D eigenvalue weighted by molar-refractivity contribution is 0.796. The van der Waals surface area contributed by atoms with Crippen molar-refractivity contribution in [3.05, 3.63) is 11.6 Å². The van der Waals surface area contributed by atoms with Gasteiger partial charge < -0.3 is 5.32 Å². The second-order valence-electron chi connectivity index (χ2n) is 2.09. The van der Waals surface area contributed by atoms with E-state index in [1.54, 1.807) is 0 Å². The third-order valence-electron chi connectivity index (χ3n) is 0.905. The number of likely N-dealkylation sites (N-methyl/N-ethyl adjacent to an activating group) is 1. The van der Waals surface area contributed by atoms with E-state index < -0.39 is 0 Å². The lowest BCUT2D eigenvalue weighted by Gasteiger charge is -1.93. The number of rotatable bonds is 3. The summed E-state index contributed by atoms with van der Waals surface area (Å²) in [4.78, 5) is 0. The molecule has 0 aromatic carbocycles. The fourth-order valence-electron chi connectivity index (χ4n) is 0.421. The molecule has 0 saturated carbocycles. The third-order valence-corrected chi connectivity index (χ3v) is 0.905. The van der Waals surface area contributed by atoms with Crippen LogP contribution in [0.25, 0.3) is 0 Å². The predicted molar refractivity (Wildman–Crippen MR) is 49.3 cm³/mol. The van der Waals surface area contributed by atoms with Gasteiger partial charge in [-0.05, 0) is 20.4 Å². The summed E-state index contributed by atoms with van der Waals surface area (Å²) in [6.07, 6.45) is 2.18. The third kappa shape index (κ3) is 15.6. The van der Waals surface area contributed by atoms with Crippen molar-refractivity contribution in [1.82, 2.24) is 5.32 Å². The summed E-state index contributed by atoms with van der Waals surface area (Å²) < 4.78 is 0. The van der Waals surface area contributed by atoms with Gasteiger partial charge in [-0.1, -0.05) is 32.4 Å². The van der Waals surface area contributed by atoms with Crippen LogP contribution in [0.5, 0.6) is 0 Å². The fraction of sp³-hybridized carbons (Fsp3) is 0.778. The Hall–Kier alpha value is -0.300. The number of nitrogens with one attached hydrogen (secondary N) is 1. The van der Waals surface area contributed by atoms with E-state index in [4.69, 9.17) is 0 Å². The van der Waals surface area contributed by atoms with Gasteiger partial charge in [0.15, 0.2) is 0 Å². The summed E-state index contributed by atoms with van der Waals surface area (Å²) in [6, 6.07) is 0. The highest BCUT2D eigenvalue weighted by Gasteiger charge is 1.75. The first-order valence-corrected chi connectivity index (χ1v) is 4.11. The molecule has 0 rings (SSSR count). The molecule has 0 fully saturated rings. The molecule has 10 heavy (non-hydrogen) atoms. The minimum atomic E-state index is 1.01. The standard InChI is InChI=1S/C7H15N.C2H6/c1-4-8-6-5-7(2)3;1-2/h5,8H,4,6H2,1-3H3;1-2H3. The fourth-order valence-corrected chi connectivity index (χ4v) is 0.421. The number of allylic oxidation sites excluding steroid dienone is 1. The van der Waals surface area contributed by atoms with Crippen molar-refractivity contribution in [1.29, 1.82) is 0 Å². The van der Waals surface area contributed by atoms with Crippen LogP contribution in [0.1, 0.15) is 34.6 Å². The Labute approximate surface area is 65.5 Å². The highest BCUT2D eigenvalue weighted by molar-refractivity contribution is 4.93. The average molecular weight is 143 g/mol. The Morgan fingerprint density at radius 1 is 1.30 bits per heavy atom. The Bertz CT molecular complexity index is 70.8. The first-order valence-electron chi connectivity index (χ1n) is 4.11. The lowest BCUT2D eigenvalue weighted by atomic mass is 10.3. The maximum Gasteiger partial charge on any atom is 0.0137 e. The van der Waals surface area contributed by atoms with Gasteiger partial charge in [0.1, 0.15) is 0 Å². The highest BCUT2D eigenvalue weighted by Crippen LogP contribution is 1.84. The van der Waals surface area contributed by atoms with Crippen LogP contribution in [0.2, 0.25) is 0 Å². The van der Waals surface area contributed by atoms with Gasteiger partial charge in [-0.2, -0.15) is 0 Å². The molecule has 0 saturated heterocycles. The van der Waals surface area contributed by atoms with Gasteiger partial charge in [-0.15, -0.1) is 0 Å². The maximum atomic E-state index is 3.20. The zero-order valence-corrected chi connectivity index (χ0v) is 7.99. The maximum absolute atomic E-state index is 3.20. The lowest BCUT2D eigenvalue weighted by Crippen LogP contribution is -2.11. The van der Waals surface area contributed by atoms with Crippen LogP contribution in [0.4, 0.5) is 0 Å². The molecule has 62 valence electrons. The molecule has 0 unspecified atom stereocenters. The van der Waals surface area contributed by atoms with Crippen LogP contribution in [0.3, 0.4) is 0 Å². The Morgan fingerprint density at radius 3 is 2.10 bits per heavy atom. The van der Waals surface area contributed by atoms with E-state index in [9.17, 15) is 0 Å². The Balaban J connectivity index is 0. The van der Waals surface area contributed by atoms with Gasteiger partial charge >= 0.3 is 0 Å². The van der Waals surface area contributed by atoms with Crippen LogP contribution < -0.4 is 5.32 Å². The molecule has 0 aromatic rings. The van der Waals surface area contributed by atoms with E-state index in [-0.39, 0.29) is 0 Å². The molecule has 0 aliphatic heterocycles. The first kappa shape index (κ1) is 12.4. The normalized spacial score (nSPS) is 7.70. The average Bonchev–Trinajstić information content (AvgIpc) is 1.92. The van der Waals surface area contributed by atoms with Crippen LogP contribution in [0, 0.1) is 0 Å². The summed E-state index contributed by atoms with van der Waals surface area (Å²) >= 11 is 0. The molecule has 0 atom stereocenters. The van der Waals surface area contributed by atoms with E-state index in [1.165, 1.54) is 5.57 Å². The first-order chi connectivity index (χ1) is 4.77. The number of hydrogen-bond donors (Lipinski definition) is 1. The molecule has 1 heteroatoms. The van der Waals surface area contributed by atoms with Crippen molar-refractivity contribution in [3.63, 3.8) is 0 Å². The molecule has 0 spiro atoms. The molecule has 1 nitrogen and oxygen atoms in total. The Kier molecular flexibility index (Phi) is 14.2. The van der Waals surface area contributed by atoms with Gasteiger partial charge in [-0.25, -0.2) is 0 Å². The van der Waals surface area contributed by atoms with E-state index in [0.717, 1.165) is 13.1 Å². The largest absolute Gasteiger partial charge is 0.314 e. The highest BCUT2D eigenvalue weighted by atomic mass is 14.8. The second-order valence-corrected chi connectivity index (χ2v) is 2.09. The quantitative estimate of drug-likeness (QED) is 0.473. The molecule has 0 bridgehead atoms. The molecular weight excluding hydrogens is 122 g/mol.